The van der Waals surface area contributed by atoms with Crippen LogP contribution in [0.5, 0.6) is 0 Å². The van der Waals surface area contributed by atoms with Crippen molar-refractivity contribution in [3.05, 3.63) is 45.5 Å². The van der Waals surface area contributed by atoms with E-state index in [9.17, 15) is 0 Å². The summed E-state index contributed by atoms with van der Waals surface area (Å²) in [6, 6.07) is 4.34. The molecule has 94 valence electrons. The van der Waals surface area contributed by atoms with Crippen LogP contribution in [0, 0.1) is 27.7 Å². The fraction of sp³-hybridized carbons (Fsp3) is 0.286. The summed E-state index contributed by atoms with van der Waals surface area (Å²) in [5.41, 5.74) is 8.91. The molecular formula is C14H17N3S. The number of hydrazone groups is 1. The maximum absolute atomic E-state index is 4.29. The zero-order valence-corrected chi connectivity index (χ0v) is 11.9. The SMILES string of the molecule is Cc1cc(C)c(C=NNc2nc(C)cs2)c(C)c1. The van der Waals surface area contributed by atoms with Gasteiger partial charge in [0.2, 0.25) is 5.13 Å². The molecule has 2 aromatic rings. The summed E-state index contributed by atoms with van der Waals surface area (Å²) in [5, 5.41) is 7.07. The van der Waals surface area contributed by atoms with E-state index in [0.717, 1.165) is 10.8 Å². The number of anilines is 1. The van der Waals surface area contributed by atoms with Crippen molar-refractivity contribution < 1.29 is 0 Å². The predicted octanol–water partition coefficient (Wildman–Crippen LogP) is 3.82. The van der Waals surface area contributed by atoms with Crippen LogP contribution in [0.4, 0.5) is 5.13 Å². The zero-order valence-electron chi connectivity index (χ0n) is 11.1. The Kier molecular flexibility index (Phi) is 3.77. The average molecular weight is 259 g/mol. The van der Waals surface area contributed by atoms with Gasteiger partial charge in [-0.05, 0) is 38.8 Å². The Balaban J connectivity index is 2.14. The van der Waals surface area contributed by atoms with E-state index in [2.05, 4.69) is 48.4 Å². The number of benzene rings is 1. The van der Waals surface area contributed by atoms with E-state index < -0.39 is 0 Å². The molecule has 0 bridgehead atoms. The molecule has 0 amide bonds. The molecule has 0 spiro atoms. The first-order valence-electron chi connectivity index (χ1n) is 5.85. The molecule has 0 aliphatic rings. The molecule has 0 saturated carbocycles. The molecule has 18 heavy (non-hydrogen) atoms. The number of thiazole rings is 1. The first-order valence-corrected chi connectivity index (χ1v) is 6.73. The van der Waals surface area contributed by atoms with E-state index in [0.29, 0.717) is 0 Å². The minimum Gasteiger partial charge on any atom is -0.253 e. The van der Waals surface area contributed by atoms with Crippen LogP contribution in [0.1, 0.15) is 27.9 Å². The quantitative estimate of drug-likeness (QED) is 0.672. The standard InChI is InChI=1S/C14H17N3S/c1-9-5-10(2)13(11(3)6-9)7-15-17-14-16-12(4)8-18-14/h5-8H,1-4H3,(H,16,17). The summed E-state index contributed by atoms with van der Waals surface area (Å²) in [5.74, 6) is 0. The molecule has 0 aliphatic carbocycles. The second-order valence-electron chi connectivity index (χ2n) is 4.48. The van der Waals surface area contributed by atoms with Crippen LogP contribution >= 0.6 is 11.3 Å². The number of hydrogen-bond acceptors (Lipinski definition) is 4. The topological polar surface area (TPSA) is 37.3 Å². The lowest BCUT2D eigenvalue weighted by molar-refractivity contribution is 1.22. The summed E-state index contributed by atoms with van der Waals surface area (Å²) in [6.07, 6.45) is 1.86. The molecule has 0 radical (unpaired) electrons. The van der Waals surface area contributed by atoms with Crippen molar-refractivity contribution in [3.8, 4) is 0 Å². The van der Waals surface area contributed by atoms with Crippen LogP contribution in [-0.4, -0.2) is 11.2 Å². The molecule has 0 atom stereocenters. The number of hydrogen-bond donors (Lipinski definition) is 1. The van der Waals surface area contributed by atoms with Crippen molar-refractivity contribution in [1.82, 2.24) is 4.98 Å². The maximum atomic E-state index is 4.29. The van der Waals surface area contributed by atoms with E-state index in [4.69, 9.17) is 0 Å². The van der Waals surface area contributed by atoms with Crippen LogP contribution in [0.15, 0.2) is 22.6 Å². The number of nitrogens with one attached hydrogen (secondary N) is 1. The summed E-state index contributed by atoms with van der Waals surface area (Å²) in [4.78, 5) is 4.29. The fourth-order valence-electron chi connectivity index (χ4n) is 1.95. The highest BCUT2D eigenvalue weighted by molar-refractivity contribution is 7.13. The monoisotopic (exact) mass is 259 g/mol. The van der Waals surface area contributed by atoms with Crippen LogP contribution in [0.2, 0.25) is 0 Å². The first-order chi connectivity index (χ1) is 8.56. The van der Waals surface area contributed by atoms with Gasteiger partial charge in [0.1, 0.15) is 0 Å². The van der Waals surface area contributed by atoms with Gasteiger partial charge in [-0.3, -0.25) is 5.43 Å². The highest BCUT2D eigenvalue weighted by Gasteiger charge is 2.01. The Labute approximate surface area is 112 Å². The van der Waals surface area contributed by atoms with Gasteiger partial charge in [-0.1, -0.05) is 17.7 Å². The molecule has 0 aliphatic heterocycles. The lowest BCUT2D eigenvalue weighted by Gasteiger charge is -2.06. The largest absolute Gasteiger partial charge is 0.253 e. The van der Waals surface area contributed by atoms with Crippen LogP contribution in [0.3, 0.4) is 0 Å². The van der Waals surface area contributed by atoms with Crippen LogP contribution in [0.25, 0.3) is 0 Å². The Morgan fingerprint density at radius 3 is 2.39 bits per heavy atom. The highest BCUT2D eigenvalue weighted by Crippen LogP contribution is 2.16. The number of rotatable bonds is 3. The Morgan fingerprint density at radius 1 is 1.17 bits per heavy atom. The number of nitrogens with zero attached hydrogens (tertiary/aromatic N) is 2. The van der Waals surface area contributed by atoms with Crippen molar-refractivity contribution in [2.75, 3.05) is 5.43 Å². The maximum Gasteiger partial charge on any atom is 0.203 e. The molecule has 0 fully saturated rings. The number of aryl methyl sites for hydroxylation is 4. The third-order valence-corrected chi connectivity index (χ3v) is 3.58. The molecule has 0 saturated heterocycles. The molecule has 3 nitrogen and oxygen atoms in total. The van der Waals surface area contributed by atoms with Gasteiger partial charge in [0, 0.05) is 10.9 Å². The van der Waals surface area contributed by atoms with Crippen molar-refractivity contribution in [3.63, 3.8) is 0 Å². The minimum absolute atomic E-state index is 0.825. The van der Waals surface area contributed by atoms with E-state index in [1.165, 1.54) is 22.3 Å². The van der Waals surface area contributed by atoms with E-state index in [1.54, 1.807) is 11.3 Å². The predicted molar refractivity (Wildman–Crippen MR) is 78.7 cm³/mol. The third kappa shape index (κ3) is 2.96. The Bertz CT molecular complexity index is 561. The molecule has 2 rings (SSSR count). The fourth-order valence-corrected chi connectivity index (χ4v) is 2.59. The summed E-state index contributed by atoms with van der Waals surface area (Å²) < 4.78 is 0. The lowest BCUT2D eigenvalue weighted by atomic mass is 10.0. The second-order valence-corrected chi connectivity index (χ2v) is 5.33. The normalized spacial score (nSPS) is 11.1. The van der Waals surface area contributed by atoms with E-state index >= 15 is 0 Å². The Morgan fingerprint density at radius 2 is 1.83 bits per heavy atom. The summed E-state index contributed by atoms with van der Waals surface area (Å²) >= 11 is 1.56. The van der Waals surface area contributed by atoms with Gasteiger partial charge >= 0.3 is 0 Å². The molecule has 1 aromatic carbocycles. The van der Waals surface area contributed by atoms with Crippen LogP contribution < -0.4 is 5.43 Å². The van der Waals surface area contributed by atoms with Crippen molar-refractivity contribution in [2.45, 2.75) is 27.7 Å². The van der Waals surface area contributed by atoms with Crippen molar-refractivity contribution >= 4 is 22.7 Å². The lowest BCUT2D eigenvalue weighted by Crippen LogP contribution is -1.96. The minimum atomic E-state index is 0.825. The second kappa shape index (κ2) is 5.31. The van der Waals surface area contributed by atoms with Gasteiger partial charge in [-0.25, -0.2) is 4.98 Å². The number of aromatic nitrogens is 1. The van der Waals surface area contributed by atoms with Crippen molar-refractivity contribution in [2.24, 2.45) is 5.10 Å². The summed E-state index contributed by atoms with van der Waals surface area (Å²) in [6.45, 7) is 8.29. The third-order valence-electron chi connectivity index (χ3n) is 2.71. The zero-order chi connectivity index (χ0) is 13.1. The highest BCUT2D eigenvalue weighted by atomic mass is 32.1. The van der Waals surface area contributed by atoms with Crippen molar-refractivity contribution in [1.29, 1.82) is 0 Å². The molecular weight excluding hydrogens is 242 g/mol. The van der Waals surface area contributed by atoms with E-state index in [1.807, 2.05) is 18.5 Å². The molecule has 0 unspecified atom stereocenters. The first kappa shape index (κ1) is 12.8. The Hall–Kier alpha value is -1.68. The summed E-state index contributed by atoms with van der Waals surface area (Å²) in [7, 11) is 0. The van der Waals surface area contributed by atoms with Gasteiger partial charge in [0.15, 0.2) is 0 Å². The van der Waals surface area contributed by atoms with E-state index in [-0.39, 0.29) is 0 Å². The molecule has 4 heteroatoms. The smallest absolute Gasteiger partial charge is 0.203 e. The van der Waals surface area contributed by atoms with Gasteiger partial charge in [0.25, 0.3) is 0 Å². The molecule has 1 heterocycles. The average Bonchev–Trinajstić information content (AvgIpc) is 2.68. The van der Waals surface area contributed by atoms with Crippen LogP contribution in [-0.2, 0) is 0 Å². The molecule has 1 N–H and O–H groups in total. The van der Waals surface area contributed by atoms with Gasteiger partial charge in [0.05, 0.1) is 11.9 Å². The van der Waals surface area contributed by atoms with Gasteiger partial charge in [-0.15, -0.1) is 11.3 Å². The van der Waals surface area contributed by atoms with Gasteiger partial charge in [-0.2, -0.15) is 5.10 Å². The van der Waals surface area contributed by atoms with Gasteiger partial charge < -0.3 is 0 Å². The molecule has 1 aromatic heterocycles.